The summed E-state index contributed by atoms with van der Waals surface area (Å²) in [4.78, 5) is 11.4. The largest absolute Gasteiger partial charge is 0.378 e. The van der Waals surface area contributed by atoms with E-state index in [1.54, 1.807) is 6.92 Å². The van der Waals surface area contributed by atoms with E-state index in [1.807, 2.05) is 30.3 Å². The van der Waals surface area contributed by atoms with Crippen LogP contribution in [0, 0.1) is 6.92 Å². The summed E-state index contributed by atoms with van der Waals surface area (Å²) < 4.78 is 0. The summed E-state index contributed by atoms with van der Waals surface area (Å²) in [6.45, 7) is 3.70. The molecule has 0 spiro atoms. The number of benzene rings is 2. The van der Waals surface area contributed by atoms with Gasteiger partial charge in [-0.15, -0.1) is 0 Å². The molecular formula is C17H19NO. The Bertz CT molecular complexity index is 531. The number of hydrogen-bond donors (Lipinski definition) is 1. The zero-order chi connectivity index (χ0) is 13.7. The van der Waals surface area contributed by atoms with E-state index in [9.17, 15) is 4.79 Å². The first-order valence-electron chi connectivity index (χ1n) is 6.53. The number of hydrogen-bond acceptors (Lipinski definition) is 2. The van der Waals surface area contributed by atoms with E-state index in [0.717, 1.165) is 11.3 Å². The summed E-state index contributed by atoms with van der Waals surface area (Å²) in [5, 5.41) is 3.43. The van der Waals surface area contributed by atoms with E-state index < -0.39 is 0 Å². The SMILES string of the molecule is CC(=O)CC(Nc1ccc(C)cc1)c1ccccc1. The van der Waals surface area contributed by atoms with E-state index in [2.05, 4.69) is 36.5 Å². The van der Waals surface area contributed by atoms with Crippen molar-refractivity contribution in [1.29, 1.82) is 0 Å². The van der Waals surface area contributed by atoms with Crippen LogP contribution >= 0.6 is 0 Å². The highest BCUT2D eigenvalue weighted by molar-refractivity contribution is 5.77. The lowest BCUT2D eigenvalue weighted by atomic mass is 10.0. The van der Waals surface area contributed by atoms with Crippen molar-refractivity contribution in [2.75, 3.05) is 5.32 Å². The predicted molar refractivity (Wildman–Crippen MR) is 79.3 cm³/mol. The lowest BCUT2D eigenvalue weighted by Crippen LogP contribution is -2.14. The summed E-state index contributed by atoms with van der Waals surface area (Å²) in [5.41, 5.74) is 3.41. The highest BCUT2D eigenvalue weighted by Gasteiger charge is 2.13. The second kappa shape index (κ2) is 6.19. The minimum absolute atomic E-state index is 0.0291. The van der Waals surface area contributed by atoms with Crippen LogP contribution in [0.2, 0.25) is 0 Å². The van der Waals surface area contributed by atoms with Crippen LogP contribution in [0.3, 0.4) is 0 Å². The highest BCUT2D eigenvalue weighted by Crippen LogP contribution is 2.23. The summed E-state index contributed by atoms with van der Waals surface area (Å²) in [6.07, 6.45) is 0.498. The Kier molecular flexibility index (Phi) is 4.35. The molecule has 0 aliphatic heterocycles. The standard InChI is InChI=1S/C17H19NO/c1-13-8-10-16(11-9-13)18-17(12-14(2)19)15-6-4-3-5-7-15/h3-11,17-18H,12H2,1-2H3. The summed E-state index contributed by atoms with van der Waals surface area (Å²) in [5.74, 6) is 0.188. The monoisotopic (exact) mass is 253 g/mol. The molecule has 0 aliphatic rings. The molecule has 1 N–H and O–H groups in total. The van der Waals surface area contributed by atoms with Crippen molar-refractivity contribution >= 4 is 11.5 Å². The average Bonchev–Trinajstić information content (AvgIpc) is 2.41. The molecule has 19 heavy (non-hydrogen) atoms. The van der Waals surface area contributed by atoms with Crippen molar-refractivity contribution in [3.8, 4) is 0 Å². The molecule has 0 aliphatic carbocycles. The number of Topliss-reactive ketones (excluding diaryl/α,β-unsaturated/α-hetero) is 1. The van der Waals surface area contributed by atoms with Crippen LogP contribution in [0.15, 0.2) is 54.6 Å². The summed E-state index contributed by atoms with van der Waals surface area (Å²) >= 11 is 0. The van der Waals surface area contributed by atoms with Crippen LogP contribution < -0.4 is 5.32 Å². The van der Waals surface area contributed by atoms with Gasteiger partial charge in [0.25, 0.3) is 0 Å². The minimum Gasteiger partial charge on any atom is -0.378 e. The molecule has 1 unspecified atom stereocenters. The molecule has 0 heterocycles. The van der Waals surface area contributed by atoms with Crippen LogP contribution in [-0.4, -0.2) is 5.78 Å². The van der Waals surface area contributed by atoms with E-state index in [4.69, 9.17) is 0 Å². The third-order valence-corrected chi connectivity index (χ3v) is 3.09. The maximum absolute atomic E-state index is 11.4. The topological polar surface area (TPSA) is 29.1 Å². The molecule has 2 rings (SSSR count). The van der Waals surface area contributed by atoms with Crippen LogP contribution in [0.1, 0.15) is 30.5 Å². The van der Waals surface area contributed by atoms with Crippen LogP contribution in [0.4, 0.5) is 5.69 Å². The molecule has 2 aromatic carbocycles. The second-order valence-electron chi connectivity index (χ2n) is 4.88. The first kappa shape index (κ1) is 13.3. The zero-order valence-corrected chi connectivity index (χ0v) is 11.4. The van der Waals surface area contributed by atoms with Crippen LogP contribution in [0.5, 0.6) is 0 Å². The summed E-state index contributed by atoms with van der Waals surface area (Å²) in [7, 11) is 0. The Labute approximate surface area is 114 Å². The second-order valence-corrected chi connectivity index (χ2v) is 4.88. The van der Waals surface area contributed by atoms with Crippen LogP contribution in [-0.2, 0) is 4.79 Å². The first-order valence-corrected chi connectivity index (χ1v) is 6.53. The molecule has 98 valence electrons. The zero-order valence-electron chi connectivity index (χ0n) is 11.4. The van der Waals surface area contributed by atoms with Gasteiger partial charge in [0.05, 0.1) is 6.04 Å². The van der Waals surface area contributed by atoms with Gasteiger partial charge in [0.15, 0.2) is 0 Å². The molecule has 0 radical (unpaired) electrons. The number of rotatable bonds is 5. The van der Waals surface area contributed by atoms with Crippen molar-refractivity contribution < 1.29 is 4.79 Å². The maximum atomic E-state index is 11.4. The van der Waals surface area contributed by atoms with E-state index in [1.165, 1.54) is 5.56 Å². The highest BCUT2D eigenvalue weighted by atomic mass is 16.1. The van der Waals surface area contributed by atoms with Crippen molar-refractivity contribution in [2.24, 2.45) is 0 Å². The molecule has 2 aromatic rings. The number of carbonyl (C=O) groups is 1. The Morgan fingerprint density at radius 3 is 2.26 bits per heavy atom. The van der Waals surface area contributed by atoms with Gasteiger partial charge < -0.3 is 5.32 Å². The molecule has 0 saturated carbocycles. The molecule has 2 heteroatoms. The Balaban J connectivity index is 2.19. The van der Waals surface area contributed by atoms with Crippen molar-refractivity contribution in [1.82, 2.24) is 0 Å². The number of nitrogens with one attached hydrogen (secondary N) is 1. The van der Waals surface area contributed by atoms with E-state index in [0.29, 0.717) is 6.42 Å². The number of aryl methyl sites for hydroxylation is 1. The average molecular weight is 253 g/mol. The Morgan fingerprint density at radius 2 is 1.68 bits per heavy atom. The lowest BCUT2D eigenvalue weighted by Gasteiger charge is -2.19. The third-order valence-electron chi connectivity index (χ3n) is 3.09. The molecule has 0 aromatic heterocycles. The number of ketones is 1. The van der Waals surface area contributed by atoms with E-state index in [-0.39, 0.29) is 11.8 Å². The van der Waals surface area contributed by atoms with Gasteiger partial charge in [-0.05, 0) is 31.5 Å². The third kappa shape index (κ3) is 3.95. The fraction of sp³-hybridized carbons (Fsp3) is 0.235. The number of carbonyl (C=O) groups excluding carboxylic acids is 1. The fourth-order valence-electron chi connectivity index (χ4n) is 2.08. The molecule has 2 nitrogen and oxygen atoms in total. The first-order chi connectivity index (χ1) is 9.15. The molecule has 0 bridgehead atoms. The normalized spacial score (nSPS) is 11.9. The number of anilines is 1. The van der Waals surface area contributed by atoms with E-state index >= 15 is 0 Å². The van der Waals surface area contributed by atoms with Gasteiger partial charge in [-0.2, -0.15) is 0 Å². The van der Waals surface area contributed by atoms with Gasteiger partial charge in [0, 0.05) is 12.1 Å². The minimum atomic E-state index is 0.0291. The van der Waals surface area contributed by atoms with Gasteiger partial charge in [0.1, 0.15) is 5.78 Å². The summed E-state index contributed by atoms with van der Waals surface area (Å²) in [6, 6.07) is 18.3. The van der Waals surface area contributed by atoms with Crippen molar-refractivity contribution in [2.45, 2.75) is 26.3 Å². The molecule has 0 fully saturated rings. The quantitative estimate of drug-likeness (QED) is 0.868. The molecule has 1 atom stereocenters. The van der Waals surface area contributed by atoms with Gasteiger partial charge in [0.2, 0.25) is 0 Å². The molecule has 0 saturated heterocycles. The van der Waals surface area contributed by atoms with Crippen molar-refractivity contribution in [3.63, 3.8) is 0 Å². The Morgan fingerprint density at radius 1 is 1.05 bits per heavy atom. The van der Waals surface area contributed by atoms with Gasteiger partial charge >= 0.3 is 0 Å². The smallest absolute Gasteiger partial charge is 0.132 e. The van der Waals surface area contributed by atoms with Crippen molar-refractivity contribution in [3.05, 3.63) is 65.7 Å². The predicted octanol–water partition coefficient (Wildman–Crippen LogP) is 4.13. The van der Waals surface area contributed by atoms with Gasteiger partial charge in [-0.1, -0.05) is 48.0 Å². The molecular weight excluding hydrogens is 234 g/mol. The van der Waals surface area contributed by atoms with Crippen LogP contribution in [0.25, 0.3) is 0 Å². The molecule has 0 amide bonds. The maximum Gasteiger partial charge on any atom is 0.132 e. The fourth-order valence-corrected chi connectivity index (χ4v) is 2.08. The Hall–Kier alpha value is -2.09. The lowest BCUT2D eigenvalue weighted by molar-refractivity contribution is -0.117. The van der Waals surface area contributed by atoms with Gasteiger partial charge in [-0.25, -0.2) is 0 Å². The van der Waals surface area contributed by atoms with Gasteiger partial charge in [-0.3, -0.25) is 4.79 Å².